The highest BCUT2D eigenvalue weighted by Gasteiger charge is 2.27. The van der Waals surface area contributed by atoms with Crippen LogP contribution in [0, 0.1) is 0 Å². The molecule has 1 aromatic heterocycles. The zero-order chi connectivity index (χ0) is 10.8. The molecular formula is C10H15N3O2. The minimum atomic E-state index is -0.168. The van der Waals surface area contributed by atoms with Gasteiger partial charge in [0.2, 0.25) is 5.78 Å². The fourth-order valence-electron chi connectivity index (χ4n) is 1.87. The fraction of sp³-hybridized carbons (Fsp3) is 0.700. The molecule has 1 aliphatic heterocycles. The summed E-state index contributed by atoms with van der Waals surface area (Å²) in [6.07, 6.45) is 1.05. The topological polar surface area (TPSA) is 59.2 Å². The number of ketones is 1. The van der Waals surface area contributed by atoms with Crippen molar-refractivity contribution in [1.29, 1.82) is 0 Å². The van der Waals surface area contributed by atoms with Crippen molar-refractivity contribution in [2.45, 2.75) is 26.2 Å². The number of carbonyl (C=O) groups is 1. The summed E-state index contributed by atoms with van der Waals surface area (Å²) < 4.78 is 4.88. The molecule has 0 aliphatic carbocycles. The van der Waals surface area contributed by atoms with Gasteiger partial charge in [-0.2, -0.15) is 4.98 Å². The Morgan fingerprint density at radius 2 is 2.47 bits per heavy atom. The highest BCUT2D eigenvalue weighted by Crippen LogP contribution is 2.24. The molecule has 5 nitrogen and oxygen atoms in total. The number of likely N-dealkylation sites (N-methyl/N-ethyl adjacent to an activating group) is 1. The molecule has 2 rings (SSSR count). The third-order valence-electron chi connectivity index (χ3n) is 2.83. The number of hydrogen-bond acceptors (Lipinski definition) is 5. The van der Waals surface area contributed by atoms with Crippen molar-refractivity contribution >= 4 is 5.78 Å². The Bertz CT molecular complexity index is 361. The highest BCUT2D eigenvalue weighted by atomic mass is 16.5. The number of aromatic nitrogens is 2. The smallest absolute Gasteiger partial charge is 0.293 e. The van der Waals surface area contributed by atoms with Gasteiger partial charge in [0.05, 0.1) is 0 Å². The van der Waals surface area contributed by atoms with Gasteiger partial charge in [0, 0.05) is 19.4 Å². The van der Waals surface area contributed by atoms with Crippen LogP contribution in [0.2, 0.25) is 0 Å². The summed E-state index contributed by atoms with van der Waals surface area (Å²) in [6, 6.07) is 0. The second-order valence-corrected chi connectivity index (χ2v) is 3.89. The van der Waals surface area contributed by atoms with Crippen LogP contribution >= 0.6 is 0 Å². The van der Waals surface area contributed by atoms with Crippen LogP contribution in [0.3, 0.4) is 0 Å². The molecule has 2 heterocycles. The second kappa shape index (κ2) is 4.10. The minimum Gasteiger partial charge on any atom is -0.331 e. The van der Waals surface area contributed by atoms with Crippen LogP contribution in [0.4, 0.5) is 0 Å². The predicted molar refractivity (Wildman–Crippen MR) is 53.8 cm³/mol. The van der Waals surface area contributed by atoms with E-state index in [-0.39, 0.29) is 11.7 Å². The third-order valence-corrected chi connectivity index (χ3v) is 2.83. The van der Waals surface area contributed by atoms with Crippen LogP contribution in [0.5, 0.6) is 0 Å². The number of carbonyl (C=O) groups excluding carboxylic acids is 1. The van der Waals surface area contributed by atoms with Gasteiger partial charge >= 0.3 is 0 Å². The molecule has 1 aliphatic rings. The third kappa shape index (κ3) is 2.07. The standard InChI is InChI=1S/C10H15N3O2/c1-3-13-5-4-8(6-13)9-11-10(7(2)14)15-12-9/h8H,3-6H2,1-2H3. The zero-order valence-electron chi connectivity index (χ0n) is 9.06. The summed E-state index contributed by atoms with van der Waals surface area (Å²) in [6.45, 7) is 6.66. The molecule has 0 aromatic carbocycles. The van der Waals surface area contributed by atoms with Crippen LogP contribution < -0.4 is 0 Å². The molecule has 1 unspecified atom stereocenters. The van der Waals surface area contributed by atoms with E-state index >= 15 is 0 Å². The van der Waals surface area contributed by atoms with Crippen LogP contribution in [-0.4, -0.2) is 40.5 Å². The summed E-state index contributed by atoms with van der Waals surface area (Å²) in [5.41, 5.74) is 0. The van der Waals surface area contributed by atoms with Gasteiger partial charge in [-0.05, 0) is 19.5 Å². The first-order valence-corrected chi connectivity index (χ1v) is 5.27. The van der Waals surface area contributed by atoms with Gasteiger partial charge in [0.25, 0.3) is 5.89 Å². The summed E-state index contributed by atoms with van der Waals surface area (Å²) in [7, 11) is 0. The van der Waals surface area contributed by atoms with E-state index in [9.17, 15) is 4.79 Å². The lowest BCUT2D eigenvalue weighted by molar-refractivity contribution is 0.0972. The van der Waals surface area contributed by atoms with E-state index < -0.39 is 0 Å². The first-order chi connectivity index (χ1) is 7.20. The van der Waals surface area contributed by atoms with Gasteiger partial charge in [0.15, 0.2) is 5.82 Å². The number of Topliss-reactive ketones (excluding diaryl/α,β-unsaturated/α-hetero) is 1. The first-order valence-electron chi connectivity index (χ1n) is 5.27. The molecule has 1 fully saturated rings. The Labute approximate surface area is 88.5 Å². The van der Waals surface area contributed by atoms with Crippen LogP contribution in [0.15, 0.2) is 4.52 Å². The monoisotopic (exact) mass is 209 g/mol. The van der Waals surface area contributed by atoms with E-state index in [1.807, 2.05) is 0 Å². The maximum Gasteiger partial charge on any atom is 0.293 e. The van der Waals surface area contributed by atoms with Crippen molar-refractivity contribution in [1.82, 2.24) is 15.0 Å². The van der Waals surface area contributed by atoms with Crippen molar-refractivity contribution in [2.24, 2.45) is 0 Å². The van der Waals surface area contributed by atoms with Crippen LogP contribution in [0.25, 0.3) is 0 Å². The van der Waals surface area contributed by atoms with E-state index in [0.29, 0.717) is 11.7 Å². The fourth-order valence-corrected chi connectivity index (χ4v) is 1.87. The molecule has 1 aromatic rings. The van der Waals surface area contributed by atoms with Crippen LogP contribution in [0.1, 0.15) is 42.7 Å². The Morgan fingerprint density at radius 3 is 3.00 bits per heavy atom. The molecule has 1 atom stereocenters. The Balaban J connectivity index is 2.07. The Kier molecular flexibility index (Phi) is 2.81. The summed E-state index contributed by atoms with van der Waals surface area (Å²) in [4.78, 5) is 17.4. The van der Waals surface area contributed by atoms with Gasteiger partial charge in [-0.3, -0.25) is 4.79 Å². The number of rotatable bonds is 3. The quantitative estimate of drug-likeness (QED) is 0.697. The van der Waals surface area contributed by atoms with Gasteiger partial charge in [-0.15, -0.1) is 0 Å². The second-order valence-electron chi connectivity index (χ2n) is 3.89. The molecule has 0 amide bonds. The maximum absolute atomic E-state index is 11.0. The molecule has 82 valence electrons. The van der Waals surface area contributed by atoms with Gasteiger partial charge < -0.3 is 9.42 Å². The Hall–Kier alpha value is -1.23. The van der Waals surface area contributed by atoms with E-state index in [1.54, 1.807) is 0 Å². The van der Waals surface area contributed by atoms with Crippen LogP contribution in [-0.2, 0) is 0 Å². The van der Waals surface area contributed by atoms with Crippen molar-refractivity contribution in [3.8, 4) is 0 Å². The lowest BCUT2D eigenvalue weighted by Crippen LogP contribution is -2.19. The van der Waals surface area contributed by atoms with Crippen molar-refractivity contribution < 1.29 is 9.32 Å². The zero-order valence-corrected chi connectivity index (χ0v) is 9.06. The summed E-state index contributed by atoms with van der Waals surface area (Å²) >= 11 is 0. The average molecular weight is 209 g/mol. The molecule has 0 radical (unpaired) electrons. The molecule has 0 N–H and O–H groups in total. The molecular weight excluding hydrogens is 194 g/mol. The van der Waals surface area contributed by atoms with Gasteiger partial charge in [-0.1, -0.05) is 12.1 Å². The Morgan fingerprint density at radius 1 is 1.67 bits per heavy atom. The lowest BCUT2D eigenvalue weighted by Gasteiger charge is -2.10. The van der Waals surface area contributed by atoms with Crippen molar-refractivity contribution in [3.63, 3.8) is 0 Å². The van der Waals surface area contributed by atoms with E-state index in [4.69, 9.17) is 4.52 Å². The van der Waals surface area contributed by atoms with Gasteiger partial charge in [-0.25, -0.2) is 0 Å². The molecule has 0 bridgehead atoms. The molecule has 0 saturated carbocycles. The molecule has 5 heteroatoms. The average Bonchev–Trinajstić information content (AvgIpc) is 2.86. The van der Waals surface area contributed by atoms with E-state index in [0.717, 1.165) is 26.1 Å². The SMILES string of the molecule is CCN1CCC(c2noc(C(C)=O)n2)C1. The highest BCUT2D eigenvalue weighted by molar-refractivity contribution is 5.89. The van der Waals surface area contributed by atoms with E-state index in [1.165, 1.54) is 6.92 Å². The predicted octanol–water partition coefficient (Wildman–Crippen LogP) is 1.08. The first kappa shape index (κ1) is 10.3. The lowest BCUT2D eigenvalue weighted by atomic mass is 10.1. The molecule has 0 spiro atoms. The van der Waals surface area contributed by atoms with Gasteiger partial charge in [0.1, 0.15) is 0 Å². The van der Waals surface area contributed by atoms with Crippen molar-refractivity contribution in [2.75, 3.05) is 19.6 Å². The number of hydrogen-bond donors (Lipinski definition) is 0. The summed E-state index contributed by atoms with van der Waals surface area (Å²) in [5, 5.41) is 3.85. The normalized spacial score (nSPS) is 22.1. The largest absolute Gasteiger partial charge is 0.331 e. The maximum atomic E-state index is 11.0. The molecule has 15 heavy (non-hydrogen) atoms. The van der Waals surface area contributed by atoms with Crippen molar-refractivity contribution in [3.05, 3.63) is 11.7 Å². The summed E-state index contributed by atoms with van der Waals surface area (Å²) in [5.74, 6) is 0.956. The number of likely N-dealkylation sites (tertiary alicyclic amines) is 1. The van der Waals surface area contributed by atoms with E-state index in [2.05, 4.69) is 22.0 Å². The number of nitrogens with zero attached hydrogens (tertiary/aromatic N) is 3. The molecule has 1 saturated heterocycles. The minimum absolute atomic E-state index is 0.125.